The molecule has 0 atom stereocenters. The molecule has 1 heterocycles. The first kappa shape index (κ1) is 17.0. The van der Waals surface area contributed by atoms with Gasteiger partial charge in [0, 0.05) is 13.0 Å². The highest BCUT2D eigenvalue weighted by molar-refractivity contribution is 5.77. The summed E-state index contributed by atoms with van der Waals surface area (Å²) in [6.07, 6.45) is -2.13. The number of H-pyrrole nitrogens is 1. The molecule has 0 fully saturated rings. The van der Waals surface area contributed by atoms with Gasteiger partial charge in [-0.25, -0.2) is 4.98 Å². The van der Waals surface area contributed by atoms with Crippen LogP contribution in [0.25, 0.3) is 11.0 Å². The smallest absolute Gasteiger partial charge is 0.352 e. The van der Waals surface area contributed by atoms with Crippen LogP contribution in [0.3, 0.4) is 0 Å². The van der Waals surface area contributed by atoms with E-state index < -0.39 is 11.7 Å². The van der Waals surface area contributed by atoms with Crippen LogP contribution in [-0.2, 0) is 23.9 Å². The van der Waals surface area contributed by atoms with Crippen molar-refractivity contribution in [3.63, 3.8) is 0 Å². The average Bonchev–Trinajstić information content (AvgIpc) is 3.05. The van der Waals surface area contributed by atoms with E-state index in [0.29, 0.717) is 6.42 Å². The first-order chi connectivity index (χ1) is 11.9. The lowest BCUT2D eigenvalue weighted by atomic mass is 10.1. The fourth-order valence-corrected chi connectivity index (χ4v) is 2.63. The van der Waals surface area contributed by atoms with Crippen molar-refractivity contribution in [1.29, 1.82) is 0 Å². The van der Waals surface area contributed by atoms with Crippen molar-refractivity contribution in [2.45, 2.75) is 25.6 Å². The molecule has 3 rings (SSSR count). The van der Waals surface area contributed by atoms with Gasteiger partial charge in [0.15, 0.2) is 0 Å². The van der Waals surface area contributed by atoms with Gasteiger partial charge in [-0.3, -0.25) is 4.79 Å². The lowest BCUT2D eigenvalue weighted by Gasteiger charge is -2.13. The van der Waals surface area contributed by atoms with E-state index in [9.17, 15) is 18.0 Å². The molecule has 0 saturated heterocycles. The number of hydrogen-bond acceptors (Lipinski definition) is 2. The number of aromatic amines is 1. The number of alkyl halides is 3. The standard InChI is InChI=1S/C18H16F3N3O/c19-18(20,21)14-4-2-1-3-13(14)10-22-17(25)8-6-12-5-7-15-16(9-12)24-11-23-15/h1-5,7,9,11H,6,8,10H2,(H,22,25)(H,23,24). The summed E-state index contributed by atoms with van der Waals surface area (Å²) in [4.78, 5) is 19.1. The van der Waals surface area contributed by atoms with E-state index in [1.807, 2.05) is 18.2 Å². The number of carbonyl (C=O) groups is 1. The third kappa shape index (κ3) is 4.17. The number of imidazole rings is 1. The molecule has 4 nitrogen and oxygen atoms in total. The third-order valence-corrected chi connectivity index (χ3v) is 3.92. The largest absolute Gasteiger partial charge is 0.416 e. The Kier molecular flexibility index (Phi) is 4.74. The lowest BCUT2D eigenvalue weighted by Crippen LogP contribution is -2.24. The molecule has 1 aromatic heterocycles. The van der Waals surface area contributed by atoms with Crippen LogP contribution in [0, 0.1) is 0 Å². The van der Waals surface area contributed by atoms with Crippen LogP contribution in [-0.4, -0.2) is 15.9 Å². The number of amides is 1. The molecule has 0 saturated carbocycles. The number of hydrogen-bond donors (Lipinski definition) is 2. The zero-order valence-corrected chi connectivity index (χ0v) is 13.2. The van der Waals surface area contributed by atoms with Gasteiger partial charge in [-0.05, 0) is 35.7 Å². The minimum atomic E-state index is -4.43. The fourth-order valence-electron chi connectivity index (χ4n) is 2.63. The fraction of sp³-hybridized carbons (Fsp3) is 0.222. The molecule has 2 N–H and O–H groups in total. The van der Waals surface area contributed by atoms with Crippen LogP contribution in [0.5, 0.6) is 0 Å². The van der Waals surface area contributed by atoms with Crippen molar-refractivity contribution in [3.8, 4) is 0 Å². The maximum Gasteiger partial charge on any atom is 0.416 e. The summed E-state index contributed by atoms with van der Waals surface area (Å²) in [5.41, 5.74) is 2.03. The highest BCUT2D eigenvalue weighted by Crippen LogP contribution is 2.31. The number of benzene rings is 2. The Bertz CT molecular complexity index is 886. The van der Waals surface area contributed by atoms with Crippen molar-refractivity contribution in [1.82, 2.24) is 15.3 Å². The normalized spacial score (nSPS) is 11.6. The molecule has 0 spiro atoms. The molecule has 25 heavy (non-hydrogen) atoms. The maximum absolute atomic E-state index is 12.9. The number of nitrogens with one attached hydrogen (secondary N) is 2. The van der Waals surface area contributed by atoms with E-state index in [4.69, 9.17) is 0 Å². The predicted octanol–water partition coefficient (Wildman–Crippen LogP) is 3.83. The summed E-state index contributed by atoms with van der Waals surface area (Å²) < 4.78 is 38.8. The molecule has 2 aromatic carbocycles. The number of fused-ring (bicyclic) bond motifs is 1. The van der Waals surface area contributed by atoms with Gasteiger partial charge in [-0.2, -0.15) is 13.2 Å². The van der Waals surface area contributed by atoms with Crippen LogP contribution >= 0.6 is 0 Å². The number of halogens is 3. The van der Waals surface area contributed by atoms with Crippen LogP contribution in [0.1, 0.15) is 23.1 Å². The van der Waals surface area contributed by atoms with E-state index in [1.54, 1.807) is 6.33 Å². The quantitative estimate of drug-likeness (QED) is 0.737. The molecule has 0 bridgehead atoms. The first-order valence-corrected chi connectivity index (χ1v) is 7.77. The Hall–Kier alpha value is -2.83. The van der Waals surface area contributed by atoms with Gasteiger partial charge >= 0.3 is 6.18 Å². The minimum absolute atomic E-state index is 0.0576. The summed E-state index contributed by atoms with van der Waals surface area (Å²) in [7, 11) is 0. The van der Waals surface area contributed by atoms with E-state index in [-0.39, 0.29) is 24.4 Å². The Labute approximate surface area is 142 Å². The van der Waals surface area contributed by atoms with Crippen molar-refractivity contribution in [3.05, 3.63) is 65.5 Å². The van der Waals surface area contributed by atoms with Crippen LogP contribution in [0.2, 0.25) is 0 Å². The van der Waals surface area contributed by atoms with Gasteiger partial charge < -0.3 is 10.3 Å². The molecule has 0 radical (unpaired) electrons. The van der Waals surface area contributed by atoms with Gasteiger partial charge in [0.2, 0.25) is 5.91 Å². The monoisotopic (exact) mass is 347 g/mol. The van der Waals surface area contributed by atoms with E-state index in [1.165, 1.54) is 18.2 Å². The molecule has 130 valence electrons. The van der Waals surface area contributed by atoms with Gasteiger partial charge in [0.25, 0.3) is 0 Å². The summed E-state index contributed by atoms with van der Waals surface area (Å²) in [5, 5.41) is 2.55. The van der Waals surface area contributed by atoms with Crippen LogP contribution in [0.15, 0.2) is 48.8 Å². The highest BCUT2D eigenvalue weighted by Gasteiger charge is 2.32. The van der Waals surface area contributed by atoms with E-state index >= 15 is 0 Å². The summed E-state index contributed by atoms with van der Waals surface area (Å²) in [5.74, 6) is -0.290. The van der Waals surface area contributed by atoms with Gasteiger partial charge in [-0.1, -0.05) is 24.3 Å². The minimum Gasteiger partial charge on any atom is -0.352 e. The molecule has 0 aliphatic rings. The van der Waals surface area contributed by atoms with Crippen LogP contribution in [0.4, 0.5) is 13.2 Å². The molecule has 0 unspecified atom stereocenters. The second-order valence-corrected chi connectivity index (χ2v) is 5.69. The SMILES string of the molecule is O=C(CCc1ccc2nc[nH]c2c1)NCc1ccccc1C(F)(F)F. The summed E-state index contributed by atoms with van der Waals surface area (Å²) in [6.45, 7) is -0.145. The zero-order valence-electron chi connectivity index (χ0n) is 13.2. The number of aromatic nitrogens is 2. The number of carbonyl (C=O) groups excluding carboxylic acids is 1. The van der Waals surface area contributed by atoms with Crippen molar-refractivity contribution >= 4 is 16.9 Å². The van der Waals surface area contributed by atoms with Gasteiger partial charge in [-0.15, -0.1) is 0 Å². The molecule has 0 aliphatic heterocycles. The molecule has 1 amide bonds. The number of aryl methyl sites for hydroxylation is 1. The second kappa shape index (κ2) is 6.96. The summed E-state index contributed by atoms with van der Waals surface area (Å²) in [6, 6.07) is 10.9. The third-order valence-electron chi connectivity index (χ3n) is 3.92. The van der Waals surface area contributed by atoms with Crippen molar-refractivity contribution in [2.75, 3.05) is 0 Å². The molecule has 3 aromatic rings. The van der Waals surface area contributed by atoms with Gasteiger partial charge in [0.05, 0.1) is 22.9 Å². The Morgan fingerprint density at radius 1 is 1.16 bits per heavy atom. The van der Waals surface area contributed by atoms with Crippen LogP contribution < -0.4 is 5.32 Å². The zero-order chi connectivity index (χ0) is 17.9. The Morgan fingerprint density at radius 3 is 2.76 bits per heavy atom. The molecular weight excluding hydrogens is 331 g/mol. The predicted molar refractivity (Wildman–Crippen MR) is 87.7 cm³/mol. The van der Waals surface area contributed by atoms with E-state index in [2.05, 4.69) is 15.3 Å². The summed E-state index contributed by atoms with van der Waals surface area (Å²) >= 11 is 0. The Balaban J connectivity index is 1.56. The lowest BCUT2D eigenvalue weighted by molar-refractivity contribution is -0.138. The van der Waals surface area contributed by atoms with Crippen molar-refractivity contribution in [2.24, 2.45) is 0 Å². The maximum atomic E-state index is 12.9. The Morgan fingerprint density at radius 2 is 1.96 bits per heavy atom. The van der Waals surface area contributed by atoms with Crippen molar-refractivity contribution < 1.29 is 18.0 Å². The second-order valence-electron chi connectivity index (χ2n) is 5.69. The highest BCUT2D eigenvalue weighted by atomic mass is 19.4. The number of nitrogens with zero attached hydrogens (tertiary/aromatic N) is 1. The molecular formula is C18H16F3N3O. The molecule has 7 heteroatoms. The van der Waals surface area contributed by atoms with E-state index in [0.717, 1.165) is 22.7 Å². The van der Waals surface area contributed by atoms with Gasteiger partial charge in [0.1, 0.15) is 0 Å². The first-order valence-electron chi connectivity index (χ1n) is 7.77. The average molecular weight is 347 g/mol. The molecule has 0 aliphatic carbocycles. The topological polar surface area (TPSA) is 57.8 Å². The number of rotatable bonds is 5.